The van der Waals surface area contributed by atoms with Gasteiger partial charge in [0, 0.05) is 30.7 Å². The fraction of sp³-hybridized carbons (Fsp3) is 0.200. The maximum Gasteiger partial charge on any atom is 0.339 e. The van der Waals surface area contributed by atoms with E-state index in [-0.39, 0.29) is 16.6 Å². The number of carbonyl (C=O) groups is 1. The molecule has 7 heteroatoms. The van der Waals surface area contributed by atoms with Gasteiger partial charge in [-0.25, -0.2) is 0 Å². The maximum atomic E-state index is 12.8. The molecule has 3 aromatic rings. The van der Waals surface area contributed by atoms with E-state index in [9.17, 15) is 13.2 Å². The van der Waals surface area contributed by atoms with Gasteiger partial charge in [0.2, 0.25) is 5.91 Å². The zero-order valence-corrected chi connectivity index (χ0v) is 15.6. The van der Waals surface area contributed by atoms with E-state index in [1.165, 1.54) is 13.0 Å². The lowest BCUT2D eigenvalue weighted by molar-refractivity contribution is -0.116. The molecule has 0 aliphatic carbocycles. The molecule has 0 bridgehead atoms. The fourth-order valence-electron chi connectivity index (χ4n) is 3.37. The molecule has 0 saturated heterocycles. The first-order valence-electron chi connectivity index (χ1n) is 8.65. The van der Waals surface area contributed by atoms with E-state index in [1.54, 1.807) is 41.4 Å². The van der Waals surface area contributed by atoms with Crippen LogP contribution in [0.3, 0.4) is 0 Å². The van der Waals surface area contributed by atoms with Gasteiger partial charge in [-0.3, -0.25) is 9.78 Å². The molecule has 27 heavy (non-hydrogen) atoms. The van der Waals surface area contributed by atoms with Gasteiger partial charge in [0.15, 0.2) is 5.75 Å². The lowest BCUT2D eigenvalue weighted by Gasteiger charge is -2.28. The number of carbonyl (C=O) groups excluding carboxylic acids is 1. The summed E-state index contributed by atoms with van der Waals surface area (Å²) in [5.74, 6) is 0.140. The minimum absolute atomic E-state index is 0.0513. The summed E-state index contributed by atoms with van der Waals surface area (Å²) in [6.07, 6.45) is 3.11. The Morgan fingerprint density at radius 3 is 2.78 bits per heavy atom. The van der Waals surface area contributed by atoms with E-state index in [0.29, 0.717) is 12.1 Å². The van der Waals surface area contributed by atoms with Gasteiger partial charge in [-0.1, -0.05) is 18.2 Å². The van der Waals surface area contributed by atoms with Gasteiger partial charge in [-0.05, 0) is 48.7 Å². The second kappa shape index (κ2) is 6.66. The summed E-state index contributed by atoms with van der Waals surface area (Å²) in [6, 6.07) is 13.5. The van der Waals surface area contributed by atoms with Crippen molar-refractivity contribution in [2.45, 2.75) is 24.7 Å². The van der Waals surface area contributed by atoms with Crippen molar-refractivity contribution >= 4 is 32.6 Å². The highest BCUT2D eigenvalue weighted by atomic mass is 32.2. The van der Waals surface area contributed by atoms with E-state index < -0.39 is 10.1 Å². The number of fused-ring (bicyclic) bond motifs is 2. The van der Waals surface area contributed by atoms with Crippen LogP contribution >= 0.6 is 0 Å². The quantitative estimate of drug-likeness (QED) is 0.650. The lowest BCUT2D eigenvalue weighted by atomic mass is 10.0. The Hall–Kier alpha value is -2.93. The van der Waals surface area contributed by atoms with E-state index in [2.05, 4.69) is 4.98 Å². The highest BCUT2D eigenvalue weighted by Crippen LogP contribution is 2.31. The number of hydrogen-bond acceptors (Lipinski definition) is 5. The van der Waals surface area contributed by atoms with Crippen LogP contribution in [0.1, 0.15) is 18.9 Å². The van der Waals surface area contributed by atoms with Crippen molar-refractivity contribution in [2.75, 3.05) is 11.4 Å². The first kappa shape index (κ1) is 17.5. The van der Waals surface area contributed by atoms with Crippen molar-refractivity contribution in [1.82, 2.24) is 4.98 Å². The number of nitrogens with zero attached hydrogens (tertiary/aromatic N) is 2. The molecule has 1 aliphatic rings. The van der Waals surface area contributed by atoms with Gasteiger partial charge in [0.05, 0.1) is 0 Å². The van der Waals surface area contributed by atoms with E-state index in [1.807, 2.05) is 12.1 Å². The highest BCUT2D eigenvalue weighted by Gasteiger charge is 2.24. The van der Waals surface area contributed by atoms with Crippen LogP contribution in [-0.2, 0) is 21.3 Å². The summed E-state index contributed by atoms with van der Waals surface area (Å²) in [5, 5.41) is 0.799. The number of pyridine rings is 1. The first-order valence-corrected chi connectivity index (χ1v) is 10.1. The maximum absolute atomic E-state index is 12.8. The Morgan fingerprint density at radius 2 is 1.96 bits per heavy atom. The van der Waals surface area contributed by atoms with Crippen LogP contribution in [-0.4, -0.2) is 25.9 Å². The summed E-state index contributed by atoms with van der Waals surface area (Å²) >= 11 is 0. The molecule has 0 atom stereocenters. The van der Waals surface area contributed by atoms with Crippen molar-refractivity contribution in [3.8, 4) is 5.75 Å². The lowest BCUT2D eigenvalue weighted by Crippen LogP contribution is -2.33. The van der Waals surface area contributed by atoms with Crippen LogP contribution in [0.5, 0.6) is 5.75 Å². The minimum Gasteiger partial charge on any atom is -0.377 e. The summed E-state index contributed by atoms with van der Waals surface area (Å²) in [5.41, 5.74) is 2.08. The normalized spacial score (nSPS) is 14.0. The summed E-state index contributed by atoms with van der Waals surface area (Å²) in [7, 11) is -4.02. The van der Waals surface area contributed by atoms with E-state index >= 15 is 0 Å². The van der Waals surface area contributed by atoms with E-state index in [4.69, 9.17) is 4.18 Å². The SMILES string of the molecule is CC(=O)N1CCCc2cc(S(=O)(=O)Oc3cccc4cccnc34)ccc21. The number of hydrogen-bond donors (Lipinski definition) is 0. The standard InChI is InChI=1S/C20H18N2O4S/c1-14(23)22-12-4-7-16-13-17(9-10-18(16)22)27(24,25)26-19-8-2-5-15-6-3-11-21-20(15)19/h2-3,5-6,8-11,13H,4,7,12H2,1H3. The molecule has 0 spiro atoms. The monoisotopic (exact) mass is 382 g/mol. The van der Waals surface area contributed by atoms with Crippen molar-refractivity contribution in [2.24, 2.45) is 0 Å². The summed E-state index contributed by atoms with van der Waals surface area (Å²) in [4.78, 5) is 17.8. The molecule has 1 aliphatic heterocycles. The van der Waals surface area contributed by atoms with Gasteiger partial charge >= 0.3 is 10.1 Å². The number of para-hydroxylation sites is 1. The molecule has 0 saturated carbocycles. The van der Waals surface area contributed by atoms with Gasteiger partial charge in [0.1, 0.15) is 10.4 Å². The highest BCUT2D eigenvalue weighted by molar-refractivity contribution is 7.87. The molecular weight excluding hydrogens is 364 g/mol. The van der Waals surface area contributed by atoms with Crippen molar-refractivity contribution in [3.05, 3.63) is 60.3 Å². The largest absolute Gasteiger partial charge is 0.377 e. The van der Waals surface area contributed by atoms with Gasteiger partial charge in [-0.15, -0.1) is 0 Å². The zero-order valence-electron chi connectivity index (χ0n) is 14.8. The van der Waals surface area contributed by atoms with Crippen molar-refractivity contribution < 1.29 is 17.4 Å². The van der Waals surface area contributed by atoms with Crippen LogP contribution in [0.2, 0.25) is 0 Å². The van der Waals surface area contributed by atoms with Crippen LogP contribution in [0, 0.1) is 0 Å². The topological polar surface area (TPSA) is 76.6 Å². The first-order chi connectivity index (χ1) is 13.0. The Balaban J connectivity index is 1.71. The molecular formula is C20H18N2O4S. The second-order valence-electron chi connectivity index (χ2n) is 6.43. The average Bonchev–Trinajstić information content (AvgIpc) is 2.67. The Bertz CT molecular complexity index is 1140. The third kappa shape index (κ3) is 3.26. The Kier molecular flexibility index (Phi) is 4.31. The van der Waals surface area contributed by atoms with Crippen LogP contribution in [0.4, 0.5) is 5.69 Å². The number of amides is 1. The Labute approximate surface area is 157 Å². The number of aryl methyl sites for hydroxylation is 1. The van der Waals surface area contributed by atoms with Crippen LogP contribution < -0.4 is 9.08 Å². The van der Waals surface area contributed by atoms with Gasteiger partial charge < -0.3 is 9.08 Å². The summed E-state index contributed by atoms with van der Waals surface area (Å²) in [6.45, 7) is 2.16. The van der Waals surface area contributed by atoms with Crippen molar-refractivity contribution in [3.63, 3.8) is 0 Å². The molecule has 4 rings (SSSR count). The third-order valence-corrected chi connectivity index (χ3v) is 5.86. The molecule has 138 valence electrons. The molecule has 0 N–H and O–H groups in total. The van der Waals surface area contributed by atoms with E-state index in [0.717, 1.165) is 29.5 Å². The summed E-state index contributed by atoms with van der Waals surface area (Å²) < 4.78 is 31.0. The predicted octanol–water partition coefficient (Wildman–Crippen LogP) is 3.30. The fourth-order valence-corrected chi connectivity index (χ4v) is 4.35. The smallest absolute Gasteiger partial charge is 0.339 e. The van der Waals surface area contributed by atoms with Crippen LogP contribution in [0.25, 0.3) is 10.9 Å². The van der Waals surface area contributed by atoms with Gasteiger partial charge in [0.25, 0.3) is 0 Å². The van der Waals surface area contributed by atoms with Gasteiger partial charge in [-0.2, -0.15) is 8.42 Å². The molecule has 0 radical (unpaired) electrons. The number of anilines is 1. The molecule has 0 fully saturated rings. The molecule has 0 unspecified atom stereocenters. The molecule has 2 aromatic carbocycles. The predicted molar refractivity (Wildman–Crippen MR) is 102 cm³/mol. The Morgan fingerprint density at radius 1 is 1.15 bits per heavy atom. The minimum atomic E-state index is -4.02. The molecule has 1 aromatic heterocycles. The second-order valence-corrected chi connectivity index (χ2v) is 7.98. The zero-order chi connectivity index (χ0) is 19.0. The number of benzene rings is 2. The number of rotatable bonds is 3. The average molecular weight is 382 g/mol. The number of aromatic nitrogens is 1. The third-order valence-electron chi connectivity index (χ3n) is 4.63. The molecule has 6 nitrogen and oxygen atoms in total. The molecule has 2 heterocycles. The van der Waals surface area contributed by atoms with Crippen molar-refractivity contribution in [1.29, 1.82) is 0 Å². The molecule has 1 amide bonds. The van der Waals surface area contributed by atoms with Crippen LogP contribution in [0.15, 0.2) is 59.6 Å².